The molecule has 1 aromatic heterocycles. The second-order valence-electron chi connectivity index (χ2n) is 7.92. The van der Waals surface area contributed by atoms with E-state index in [4.69, 9.17) is 32.7 Å². The smallest absolute Gasteiger partial charge is 0.221 e. The van der Waals surface area contributed by atoms with Gasteiger partial charge in [0, 0.05) is 37.7 Å². The van der Waals surface area contributed by atoms with Crippen LogP contribution in [0.25, 0.3) is 0 Å². The fraction of sp³-hybridized carbons (Fsp3) is 0.476. The quantitative estimate of drug-likeness (QED) is 0.697. The van der Waals surface area contributed by atoms with Crippen molar-refractivity contribution in [1.29, 1.82) is 0 Å². The maximum atomic E-state index is 11.6. The molecule has 2 heterocycles. The predicted octanol–water partition coefficient (Wildman–Crippen LogP) is 3.96. The largest absolute Gasteiger partial charge is 0.495 e. The Morgan fingerprint density at radius 3 is 2.52 bits per heavy atom. The average Bonchev–Trinajstić information content (AvgIpc) is 3.30. The molecule has 8 nitrogen and oxygen atoms in total. The maximum absolute atomic E-state index is 11.6. The zero-order valence-corrected chi connectivity index (χ0v) is 19.3. The lowest BCUT2D eigenvalue weighted by Gasteiger charge is -2.33. The van der Waals surface area contributed by atoms with Crippen LogP contribution in [-0.4, -0.2) is 41.7 Å². The Morgan fingerprint density at radius 1 is 1.23 bits per heavy atom. The van der Waals surface area contributed by atoms with Gasteiger partial charge in [-0.2, -0.15) is 10.2 Å². The monoisotopic (exact) mass is 465 g/mol. The van der Waals surface area contributed by atoms with E-state index in [1.807, 2.05) is 7.05 Å². The molecule has 1 aromatic carbocycles. The third-order valence-corrected chi connectivity index (χ3v) is 6.73. The molecule has 0 saturated heterocycles. The molecule has 10 heteroatoms. The number of hydrazone groups is 1. The molecular formula is C21H25Cl2N5O3. The van der Waals surface area contributed by atoms with Crippen molar-refractivity contribution in [2.45, 2.75) is 38.1 Å². The van der Waals surface area contributed by atoms with Gasteiger partial charge in [-0.15, -0.1) is 0 Å². The van der Waals surface area contributed by atoms with Gasteiger partial charge in [-0.3, -0.25) is 9.48 Å². The standard InChI is InChI=1S/C21H25Cl2N5O3/c1-10(29)24-14-9-28(2)27-21(14)20-12-6-5-11(7-13(12)25-26-20)17-18(22)15(30-3)8-16(31-4)19(17)23/h8-9,11-13,25H,5-7H2,1-4H3,(H,24,29). The molecule has 1 aliphatic carbocycles. The number of fused-ring (bicyclic) bond motifs is 1. The minimum Gasteiger partial charge on any atom is -0.495 e. The van der Waals surface area contributed by atoms with Crippen molar-refractivity contribution < 1.29 is 14.3 Å². The van der Waals surface area contributed by atoms with Crippen molar-refractivity contribution >= 4 is 40.5 Å². The number of ether oxygens (including phenoxy) is 2. The number of hydrogen-bond acceptors (Lipinski definition) is 6. The Bertz CT molecular complexity index is 1020. The Labute approximate surface area is 190 Å². The van der Waals surface area contributed by atoms with Gasteiger partial charge in [0.2, 0.25) is 5.91 Å². The number of aromatic nitrogens is 2. The lowest BCUT2D eigenvalue weighted by atomic mass is 9.74. The highest BCUT2D eigenvalue weighted by Crippen LogP contribution is 2.49. The Balaban J connectivity index is 1.59. The van der Waals surface area contributed by atoms with Crippen molar-refractivity contribution in [1.82, 2.24) is 15.2 Å². The van der Waals surface area contributed by atoms with Crippen LogP contribution in [0.3, 0.4) is 0 Å². The van der Waals surface area contributed by atoms with Crippen LogP contribution >= 0.6 is 23.2 Å². The number of rotatable bonds is 5. The maximum Gasteiger partial charge on any atom is 0.221 e. The Kier molecular flexibility index (Phi) is 6.03. The van der Waals surface area contributed by atoms with Crippen molar-refractivity contribution in [2.75, 3.05) is 19.5 Å². The molecule has 3 atom stereocenters. The van der Waals surface area contributed by atoms with E-state index >= 15 is 0 Å². The summed E-state index contributed by atoms with van der Waals surface area (Å²) in [6.07, 6.45) is 4.35. The summed E-state index contributed by atoms with van der Waals surface area (Å²) in [5, 5.41) is 13.0. The first-order valence-corrected chi connectivity index (χ1v) is 10.8. The second kappa shape index (κ2) is 8.59. The van der Waals surface area contributed by atoms with Crippen LogP contribution in [0.2, 0.25) is 10.0 Å². The van der Waals surface area contributed by atoms with Gasteiger partial charge in [-0.25, -0.2) is 0 Å². The SMILES string of the molecule is COc1cc(OC)c(Cl)c(C2CCC3C(c4nn(C)cc4NC(C)=O)=NNC3C2)c1Cl. The first-order chi connectivity index (χ1) is 14.8. The van der Waals surface area contributed by atoms with Gasteiger partial charge in [0.1, 0.15) is 17.2 Å². The summed E-state index contributed by atoms with van der Waals surface area (Å²) < 4.78 is 12.5. The molecule has 166 valence electrons. The molecule has 1 fully saturated rings. The minimum absolute atomic E-state index is 0.116. The average molecular weight is 466 g/mol. The number of aryl methyl sites for hydroxylation is 1. The topological polar surface area (TPSA) is 89.8 Å². The van der Waals surface area contributed by atoms with Gasteiger partial charge in [0.25, 0.3) is 0 Å². The molecule has 31 heavy (non-hydrogen) atoms. The normalized spacial score (nSPS) is 22.4. The Morgan fingerprint density at radius 2 is 1.90 bits per heavy atom. The van der Waals surface area contributed by atoms with Crippen LogP contribution in [0.4, 0.5) is 5.69 Å². The van der Waals surface area contributed by atoms with Crippen LogP contribution < -0.4 is 20.2 Å². The number of nitrogens with one attached hydrogen (secondary N) is 2. The zero-order valence-electron chi connectivity index (χ0n) is 17.8. The highest BCUT2D eigenvalue weighted by atomic mass is 35.5. The number of methoxy groups -OCH3 is 2. The number of carbonyl (C=O) groups excluding carboxylic acids is 1. The molecule has 4 rings (SSSR count). The van der Waals surface area contributed by atoms with Crippen molar-refractivity contribution in [2.24, 2.45) is 18.1 Å². The molecule has 0 radical (unpaired) electrons. The highest BCUT2D eigenvalue weighted by Gasteiger charge is 2.41. The number of halogens is 2. The molecule has 3 unspecified atom stereocenters. The molecule has 0 spiro atoms. The molecule has 1 aliphatic heterocycles. The first kappa shape index (κ1) is 21.8. The zero-order chi connectivity index (χ0) is 22.3. The number of benzene rings is 1. The molecule has 0 bridgehead atoms. The molecular weight excluding hydrogens is 441 g/mol. The molecule has 2 aromatic rings. The van der Waals surface area contributed by atoms with Crippen LogP contribution in [0, 0.1) is 5.92 Å². The van der Waals surface area contributed by atoms with E-state index in [-0.39, 0.29) is 23.8 Å². The fourth-order valence-electron chi connectivity index (χ4n) is 4.59. The number of carbonyl (C=O) groups is 1. The summed E-state index contributed by atoms with van der Waals surface area (Å²) in [4.78, 5) is 11.6. The van der Waals surface area contributed by atoms with E-state index in [1.165, 1.54) is 6.92 Å². The lowest BCUT2D eigenvalue weighted by molar-refractivity contribution is -0.114. The van der Waals surface area contributed by atoms with E-state index in [2.05, 4.69) is 20.9 Å². The van der Waals surface area contributed by atoms with E-state index in [9.17, 15) is 4.79 Å². The summed E-state index contributed by atoms with van der Waals surface area (Å²) in [5.74, 6) is 1.27. The van der Waals surface area contributed by atoms with E-state index in [0.717, 1.165) is 30.5 Å². The summed E-state index contributed by atoms with van der Waals surface area (Å²) in [6, 6.07) is 1.82. The van der Waals surface area contributed by atoms with Crippen molar-refractivity contribution in [3.8, 4) is 11.5 Å². The highest BCUT2D eigenvalue weighted by molar-refractivity contribution is 6.38. The summed E-state index contributed by atoms with van der Waals surface area (Å²) >= 11 is 13.3. The van der Waals surface area contributed by atoms with Crippen LogP contribution in [-0.2, 0) is 11.8 Å². The molecule has 2 aliphatic rings. The van der Waals surface area contributed by atoms with Gasteiger partial charge in [0.05, 0.1) is 41.7 Å². The van der Waals surface area contributed by atoms with Crippen molar-refractivity contribution in [3.63, 3.8) is 0 Å². The van der Waals surface area contributed by atoms with Gasteiger partial charge in [-0.1, -0.05) is 23.2 Å². The van der Waals surface area contributed by atoms with Gasteiger partial charge in [-0.05, 0) is 25.2 Å². The lowest BCUT2D eigenvalue weighted by Crippen LogP contribution is -2.36. The summed E-state index contributed by atoms with van der Waals surface area (Å²) in [7, 11) is 4.98. The van der Waals surface area contributed by atoms with E-state index < -0.39 is 0 Å². The van der Waals surface area contributed by atoms with Gasteiger partial charge < -0.3 is 20.2 Å². The fourth-order valence-corrected chi connectivity index (χ4v) is 5.40. The van der Waals surface area contributed by atoms with Crippen molar-refractivity contribution in [3.05, 3.63) is 33.6 Å². The molecule has 1 amide bonds. The van der Waals surface area contributed by atoms with Crippen LogP contribution in [0.5, 0.6) is 11.5 Å². The van der Waals surface area contributed by atoms with Crippen LogP contribution in [0.1, 0.15) is 43.4 Å². The van der Waals surface area contributed by atoms with Gasteiger partial charge in [0.15, 0.2) is 0 Å². The number of amides is 1. The summed E-state index contributed by atoms with van der Waals surface area (Å²) in [5.41, 5.74) is 6.36. The van der Waals surface area contributed by atoms with E-state index in [1.54, 1.807) is 31.2 Å². The molecule has 2 N–H and O–H groups in total. The third kappa shape index (κ3) is 3.94. The van der Waals surface area contributed by atoms with Gasteiger partial charge >= 0.3 is 0 Å². The number of anilines is 1. The predicted molar refractivity (Wildman–Crippen MR) is 121 cm³/mol. The number of hydrogen-bond donors (Lipinski definition) is 2. The first-order valence-electron chi connectivity index (χ1n) is 10.1. The van der Waals surface area contributed by atoms with E-state index in [0.29, 0.717) is 32.9 Å². The van der Waals surface area contributed by atoms with Crippen LogP contribution in [0.15, 0.2) is 17.4 Å². The minimum atomic E-state index is -0.141. The number of nitrogens with zero attached hydrogens (tertiary/aromatic N) is 3. The summed E-state index contributed by atoms with van der Waals surface area (Å²) in [6.45, 7) is 1.48. The Hall–Kier alpha value is -2.45. The molecule has 1 saturated carbocycles. The second-order valence-corrected chi connectivity index (χ2v) is 8.67. The third-order valence-electron chi connectivity index (χ3n) is 5.95.